The molecule has 2 aromatic rings. The highest BCUT2D eigenvalue weighted by atomic mass is 79.9. The molecule has 2 rings (SSSR count). The molecule has 18 heavy (non-hydrogen) atoms. The molecule has 94 valence electrons. The standard InChI is InChI=1S/C13H12Br2N2S/c1-18-13-5-3-2-4-11(13)17-8-12-10(15)6-9(14)7-16-12/h2-7,17H,8H2,1H3. The van der Waals surface area contributed by atoms with E-state index in [0.29, 0.717) is 6.54 Å². The molecule has 5 heteroatoms. The number of para-hydroxylation sites is 1. The number of nitrogens with one attached hydrogen (secondary N) is 1. The topological polar surface area (TPSA) is 24.9 Å². The number of hydrogen-bond acceptors (Lipinski definition) is 3. The Morgan fingerprint density at radius 2 is 2.06 bits per heavy atom. The van der Waals surface area contributed by atoms with Crippen LogP contribution < -0.4 is 5.32 Å². The SMILES string of the molecule is CSc1ccccc1NCc1ncc(Br)cc1Br. The summed E-state index contributed by atoms with van der Waals surface area (Å²) in [5, 5.41) is 3.41. The molecule has 0 atom stereocenters. The number of hydrogen-bond donors (Lipinski definition) is 1. The first-order valence-electron chi connectivity index (χ1n) is 5.37. The lowest BCUT2D eigenvalue weighted by molar-refractivity contribution is 1.02. The summed E-state index contributed by atoms with van der Waals surface area (Å²) in [5.41, 5.74) is 2.13. The van der Waals surface area contributed by atoms with Gasteiger partial charge in [-0.2, -0.15) is 0 Å². The van der Waals surface area contributed by atoms with Crippen molar-refractivity contribution in [3.63, 3.8) is 0 Å². The summed E-state index contributed by atoms with van der Waals surface area (Å²) in [4.78, 5) is 5.63. The van der Waals surface area contributed by atoms with Crippen LogP contribution in [0.15, 0.2) is 50.4 Å². The molecule has 0 amide bonds. The fourth-order valence-electron chi connectivity index (χ4n) is 1.54. The van der Waals surface area contributed by atoms with Gasteiger partial charge in [-0.15, -0.1) is 11.8 Å². The van der Waals surface area contributed by atoms with E-state index in [-0.39, 0.29) is 0 Å². The molecule has 0 aliphatic heterocycles. The number of rotatable bonds is 4. The van der Waals surface area contributed by atoms with Gasteiger partial charge in [-0.25, -0.2) is 0 Å². The van der Waals surface area contributed by atoms with Gasteiger partial charge >= 0.3 is 0 Å². The Hall–Kier alpha value is -0.520. The zero-order valence-electron chi connectivity index (χ0n) is 9.78. The fourth-order valence-corrected chi connectivity index (χ4v) is 3.25. The van der Waals surface area contributed by atoms with Crippen LogP contribution in [0.3, 0.4) is 0 Å². The Bertz CT molecular complexity index is 546. The number of anilines is 1. The molecule has 0 bridgehead atoms. The molecule has 2 nitrogen and oxygen atoms in total. The van der Waals surface area contributed by atoms with Crippen LogP contribution in [-0.4, -0.2) is 11.2 Å². The minimum absolute atomic E-state index is 0.700. The minimum atomic E-state index is 0.700. The predicted octanol–water partition coefficient (Wildman–Crippen LogP) is 4.94. The van der Waals surface area contributed by atoms with Crippen molar-refractivity contribution in [1.29, 1.82) is 0 Å². The number of benzene rings is 1. The Morgan fingerprint density at radius 3 is 2.78 bits per heavy atom. The highest BCUT2D eigenvalue weighted by molar-refractivity contribution is 9.11. The lowest BCUT2D eigenvalue weighted by atomic mass is 10.3. The second-order valence-corrected chi connectivity index (χ2v) is 6.25. The van der Waals surface area contributed by atoms with Crippen molar-refractivity contribution >= 4 is 49.3 Å². The lowest BCUT2D eigenvalue weighted by Crippen LogP contribution is -2.03. The maximum atomic E-state index is 4.39. The first-order valence-corrected chi connectivity index (χ1v) is 8.18. The van der Waals surface area contributed by atoms with Crippen LogP contribution in [-0.2, 0) is 6.54 Å². The zero-order valence-corrected chi connectivity index (χ0v) is 13.8. The van der Waals surface area contributed by atoms with E-state index in [1.807, 2.05) is 24.4 Å². The van der Waals surface area contributed by atoms with E-state index < -0.39 is 0 Å². The molecule has 0 saturated heterocycles. The molecule has 0 saturated carbocycles. The smallest absolute Gasteiger partial charge is 0.0737 e. The van der Waals surface area contributed by atoms with Crippen LogP contribution in [0.4, 0.5) is 5.69 Å². The highest BCUT2D eigenvalue weighted by Crippen LogP contribution is 2.26. The Labute approximate surface area is 128 Å². The van der Waals surface area contributed by atoms with Gasteiger partial charge in [0.1, 0.15) is 0 Å². The third-order valence-electron chi connectivity index (χ3n) is 2.44. The molecule has 0 aliphatic rings. The van der Waals surface area contributed by atoms with Gasteiger partial charge in [0.25, 0.3) is 0 Å². The average molecular weight is 388 g/mol. The van der Waals surface area contributed by atoms with Gasteiger partial charge in [0.2, 0.25) is 0 Å². The van der Waals surface area contributed by atoms with Crippen molar-refractivity contribution in [2.24, 2.45) is 0 Å². The van der Waals surface area contributed by atoms with Crippen LogP contribution >= 0.6 is 43.6 Å². The van der Waals surface area contributed by atoms with Gasteiger partial charge < -0.3 is 5.32 Å². The number of halogens is 2. The Morgan fingerprint density at radius 1 is 1.28 bits per heavy atom. The zero-order chi connectivity index (χ0) is 13.0. The summed E-state index contributed by atoms with van der Waals surface area (Å²) in [6, 6.07) is 10.3. The Balaban J connectivity index is 2.11. The van der Waals surface area contributed by atoms with Crippen LogP contribution in [0.25, 0.3) is 0 Å². The molecule has 0 spiro atoms. The first-order chi connectivity index (χ1) is 8.70. The van der Waals surface area contributed by atoms with E-state index in [0.717, 1.165) is 20.3 Å². The number of nitrogens with zero attached hydrogens (tertiary/aromatic N) is 1. The van der Waals surface area contributed by atoms with E-state index in [1.54, 1.807) is 11.8 Å². The minimum Gasteiger partial charge on any atom is -0.378 e. The quantitative estimate of drug-likeness (QED) is 0.752. The van der Waals surface area contributed by atoms with Crippen molar-refractivity contribution in [3.05, 3.63) is 51.2 Å². The second-order valence-electron chi connectivity index (χ2n) is 3.64. The normalized spacial score (nSPS) is 10.4. The lowest BCUT2D eigenvalue weighted by Gasteiger charge is -2.10. The summed E-state index contributed by atoms with van der Waals surface area (Å²) in [7, 11) is 0. The van der Waals surface area contributed by atoms with Crippen molar-refractivity contribution in [1.82, 2.24) is 4.98 Å². The van der Waals surface area contributed by atoms with Crippen molar-refractivity contribution < 1.29 is 0 Å². The van der Waals surface area contributed by atoms with Gasteiger partial charge in [0.05, 0.1) is 12.2 Å². The summed E-state index contributed by atoms with van der Waals surface area (Å²) in [6.45, 7) is 0.700. The summed E-state index contributed by atoms with van der Waals surface area (Å²) < 4.78 is 1.98. The molecule has 1 heterocycles. The van der Waals surface area contributed by atoms with Crippen molar-refractivity contribution in [2.45, 2.75) is 11.4 Å². The Kier molecular flexibility index (Phi) is 5.09. The third-order valence-corrected chi connectivity index (χ3v) is 4.35. The second kappa shape index (κ2) is 6.59. The average Bonchev–Trinajstić information content (AvgIpc) is 2.38. The van der Waals surface area contributed by atoms with E-state index >= 15 is 0 Å². The number of thioether (sulfide) groups is 1. The molecule has 0 radical (unpaired) electrons. The summed E-state index contributed by atoms with van der Waals surface area (Å²) >= 11 is 8.65. The highest BCUT2D eigenvalue weighted by Gasteiger charge is 2.04. The predicted molar refractivity (Wildman–Crippen MR) is 85.2 cm³/mol. The number of aromatic nitrogens is 1. The summed E-state index contributed by atoms with van der Waals surface area (Å²) in [5.74, 6) is 0. The first kappa shape index (κ1) is 13.9. The van der Waals surface area contributed by atoms with E-state index in [4.69, 9.17) is 0 Å². The van der Waals surface area contributed by atoms with E-state index in [1.165, 1.54) is 4.90 Å². The van der Waals surface area contributed by atoms with Gasteiger partial charge in [-0.3, -0.25) is 4.98 Å². The molecule has 1 N–H and O–H groups in total. The monoisotopic (exact) mass is 386 g/mol. The number of pyridine rings is 1. The van der Waals surface area contributed by atoms with Crippen LogP contribution in [0, 0.1) is 0 Å². The molecular formula is C13H12Br2N2S. The molecular weight excluding hydrogens is 376 g/mol. The molecule has 1 aromatic heterocycles. The maximum absolute atomic E-state index is 4.39. The van der Waals surface area contributed by atoms with Crippen molar-refractivity contribution in [2.75, 3.05) is 11.6 Å². The van der Waals surface area contributed by atoms with Gasteiger partial charge in [-0.05, 0) is 56.3 Å². The molecule has 0 fully saturated rings. The summed E-state index contributed by atoms with van der Waals surface area (Å²) in [6.07, 6.45) is 3.89. The van der Waals surface area contributed by atoms with Gasteiger partial charge in [-0.1, -0.05) is 12.1 Å². The van der Waals surface area contributed by atoms with E-state index in [9.17, 15) is 0 Å². The van der Waals surface area contributed by atoms with Crippen LogP contribution in [0.5, 0.6) is 0 Å². The van der Waals surface area contributed by atoms with Gasteiger partial charge in [0, 0.05) is 25.7 Å². The molecule has 0 unspecified atom stereocenters. The van der Waals surface area contributed by atoms with Gasteiger partial charge in [0.15, 0.2) is 0 Å². The third kappa shape index (κ3) is 3.49. The molecule has 0 aliphatic carbocycles. The van der Waals surface area contributed by atoms with Crippen LogP contribution in [0.1, 0.15) is 5.69 Å². The van der Waals surface area contributed by atoms with E-state index in [2.05, 4.69) is 60.5 Å². The largest absolute Gasteiger partial charge is 0.378 e. The fraction of sp³-hybridized carbons (Fsp3) is 0.154. The van der Waals surface area contributed by atoms with Crippen LogP contribution in [0.2, 0.25) is 0 Å². The molecule has 1 aromatic carbocycles. The maximum Gasteiger partial charge on any atom is 0.0737 e. The van der Waals surface area contributed by atoms with Crippen molar-refractivity contribution in [3.8, 4) is 0 Å².